The molecule has 0 heterocycles. The van der Waals surface area contributed by atoms with Crippen molar-refractivity contribution < 1.29 is 9.53 Å². The third kappa shape index (κ3) is 9.12. The van der Waals surface area contributed by atoms with E-state index >= 15 is 0 Å². The number of unbranched alkanes of at least 4 members (excludes halogenated alkanes) is 6. The topological polar surface area (TPSA) is 26.3 Å². The van der Waals surface area contributed by atoms with Gasteiger partial charge >= 0.3 is 5.97 Å². The molecule has 0 aliphatic carbocycles. The van der Waals surface area contributed by atoms with Crippen LogP contribution in [0.15, 0.2) is 0 Å². The summed E-state index contributed by atoms with van der Waals surface area (Å²) in [6, 6.07) is 0. The Hall–Kier alpha value is -0.970. The predicted octanol–water partition coefficient (Wildman–Crippen LogP) is 2.73. The van der Waals surface area contributed by atoms with Crippen molar-refractivity contribution in [1.29, 1.82) is 0 Å². The highest BCUT2D eigenvalue weighted by molar-refractivity contribution is 5.88. The molecule has 0 aromatic heterocycles. The number of esters is 1. The third-order valence-electron chi connectivity index (χ3n) is 1.93. The van der Waals surface area contributed by atoms with Gasteiger partial charge in [0.2, 0.25) is 0 Å². The van der Waals surface area contributed by atoms with E-state index in [0.29, 0.717) is 0 Å². The van der Waals surface area contributed by atoms with Crippen LogP contribution in [0.25, 0.3) is 0 Å². The highest BCUT2D eigenvalue weighted by Gasteiger charge is 1.90. The van der Waals surface area contributed by atoms with E-state index in [2.05, 4.69) is 23.5 Å². The lowest BCUT2D eigenvalue weighted by Crippen LogP contribution is -1.94. The molecule has 14 heavy (non-hydrogen) atoms. The van der Waals surface area contributed by atoms with Gasteiger partial charge in [0.1, 0.15) is 0 Å². The molecule has 0 aromatic rings. The summed E-state index contributed by atoms with van der Waals surface area (Å²) in [6.07, 6.45) is 7.80. The Balaban J connectivity index is 3.19. The number of methoxy groups -OCH3 is 1. The van der Waals surface area contributed by atoms with Gasteiger partial charge in [-0.2, -0.15) is 0 Å². The minimum absolute atomic E-state index is 0.443. The van der Waals surface area contributed by atoms with Gasteiger partial charge in [-0.1, -0.05) is 44.9 Å². The van der Waals surface area contributed by atoms with E-state index in [1.165, 1.54) is 32.8 Å². The van der Waals surface area contributed by atoms with Crippen molar-refractivity contribution in [3.8, 4) is 11.8 Å². The van der Waals surface area contributed by atoms with Crippen LogP contribution >= 0.6 is 0 Å². The molecule has 1 radical (unpaired) electrons. The minimum atomic E-state index is -0.443. The first-order valence-corrected chi connectivity index (χ1v) is 5.17. The van der Waals surface area contributed by atoms with Gasteiger partial charge in [-0.3, -0.25) is 0 Å². The maximum absolute atomic E-state index is 10.6. The molecule has 2 nitrogen and oxygen atoms in total. The van der Waals surface area contributed by atoms with Crippen molar-refractivity contribution in [2.24, 2.45) is 0 Å². The van der Waals surface area contributed by atoms with Crippen LogP contribution in [0, 0.1) is 18.8 Å². The zero-order chi connectivity index (χ0) is 10.6. The number of carbonyl (C=O) groups excluding carboxylic acids is 1. The van der Waals surface area contributed by atoms with Crippen LogP contribution < -0.4 is 0 Å². The summed E-state index contributed by atoms with van der Waals surface area (Å²) in [7, 11) is 1.34. The van der Waals surface area contributed by atoms with E-state index in [1.54, 1.807) is 0 Å². The molecular formula is C12H19O2. The summed E-state index contributed by atoms with van der Waals surface area (Å²) in [5.41, 5.74) is 0. The summed E-state index contributed by atoms with van der Waals surface area (Å²) in [4.78, 5) is 10.6. The van der Waals surface area contributed by atoms with Crippen LogP contribution in [-0.4, -0.2) is 13.1 Å². The molecule has 0 saturated heterocycles. The van der Waals surface area contributed by atoms with Gasteiger partial charge in [0, 0.05) is 12.3 Å². The van der Waals surface area contributed by atoms with Gasteiger partial charge in [-0.15, -0.1) is 0 Å². The second kappa shape index (κ2) is 10.1. The normalized spacial score (nSPS) is 9.00. The van der Waals surface area contributed by atoms with Crippen molar-refractivity contribution in [2.45, 2.75) is 44.9 Å². The molecule has 0 amide bonds. The molecule has 0 unspecified atom stereocenters. The molecule has 0 spiro atoms. The van der Waals surface area contributed by atoms with E-state index in [1.807, 2.05) is 0 Å². The number of carbonyl (C=O) groups is 1. The van der Waals surface area contributed by atoms with E-state index < -0.39 is 5.97 Å². The van der Waals surface area contributed by atoms with Crippen LogP contribution in [0.2, 0.25) is 0 Å². The quantitative estimate of drug-likeness (QED) is 0.282. The number of ether oxygens (including phenoxy) is 1. The van der Waals surface area contributed by atoms with Gasteiger partial charge in [-0.05, 0) is 6.42 Å². The number of hydrogen-bond donors (Lipinski definition) is 0. The first-order valence-electron chi connectivity index (χ1n) is 5.17. The molecule has 0 N–H and O–H groups in total. The fraction of sp³-hybridized carbons (Fsp3) is 0.667. The van der Waals surface area contributed by atoms with E-state index in [4.69, 9.17) is 0 Å². The van der Waals surface area contributed by atoms with Crippen LogP contribution in [0.5, 0.6) is 0 Å². The van der Waals surface area contributed by atoms with Crippen molar-refractivity contribution in [2.75, 3.05) is 7.11 Å². The molecule has 2 heteroatoms. The Bertz CT molecular complexity index is 198. The van der Waals surface area contributed by atoms with Gasteiger partial charge < -0.3 is 4.74 Å². The monoisotopic (exact) mass is 195 g/mol. The average molecular weight is 195 g/mol. The highest BCUT2D eigenvalue weighted by Crippen LogP contribution is 2.05. The highest BCUT2D eigenvalue weighted by atomic mass is 16.5. The summed E-state index contributed by atoms with van der Waals surface area (Å²) in [6.45, 7) is 3.79. The maximum atomic E-state index is 10.6. The third-order valence-corrected chi connectivity index (χ3v) is 1.93. The first-order chi connectivity index (χ1) is 6.81. The summed E-state index contributed by atoms with van der Waals surface area (Å²) < 4.78 is 4.39. The van der Waals surface area contributed by atoms with Crippen molar-refractivity contribution in [1.82, 2.24) is 0 Å². The van der Waals surface area contributed by atoms with Gasteiger partial charge in [0.05, 0.1) is 7.11 Å². The molecule has 0 aromatic carbocycles. The summed E-state index contributed by atoms with van der Waals surface area (Å²) in [5, 5.41) is 0. The molecule has 0 atom stereocenters. The van der Waals surface area contributed by atoms with Crippen molar-refractivity contribution in [3.05, 3.63) is 6.92 Å². The largest absolute Gasteiger partial charge is 0.459 e. The molecular weight excluding hydrogens is 176 g/mol. The van der Waals surface area contributed by atoms with Gasteiger partial charge in [0.25, 0.3) is 0 Å². The summed E-state index contributed by atoms with van der Waals surface area (Å²) >= 11 is 0. The van der Waals surface area contributed by atoms with E-state index in [9.17, 15) is 4.79 Å². The fourth-order valence-electron chi connectivity index (χ4n) is 1.11. The van der Waals surface area contributed by atoms with Crippen LogP contribution in [0.4, 0.5) is 0 Å². The Morgan fingerprint density at radius 1 is 1.21 bits per heavy atom. The Labute approximate surface area is 87.0 Å². The lowest BCUT2D eigenvalue weighted by atomic mass is 10.1. The standard InChI is InChI=1S/C12H19O2/c1-3-4-5-6-7-8-9-10-11-12(13)14-2/h1,3-9H2,2H3. The molecule has 0 saturated carbocycles. The fourth-order valence-corrected chi connectivity index (χ4v) is 1.11. The number of hydrogen-bond acceptors (Lipinski definition) is 2. The molecule has 0 aliphatic rings. The SMILES string of the molecule is [CH2]CCCCCCCC#CC(=O)OC. The van der Waals surface area contributed by atoms with E-state index in [-0.39, 0.29) is 0 Å². The van der Waals surface area contributed by atoms with Gasteiger partial charge in [0.15, 0.2) is 0 Å². The van der Waals surface area contributed by atoms with E-state index in [0.717, 1.165) is 19.3 Å². The second-order valence-corrected chi connectivity index (χ2v) is 3.16. The lowest BCUT2D eigenvalue weighted by Gasteiger charge is -1.96. The van der Waals surface area contributed by atoms with Crippen molar-refractivity contribution in [3.63, 3.8) is 0 Å². The smallest absolute Gasteiger partial charge is 0.384 e. The van der Waals surface area contributed by atoms with Crippen LogP contribution in [-0.2, 0) is 9.53 Å². The van der Waals surface area contributed by atoms with Crippen LogP contribution in [0.1, 0.15) is 44.9 Å². The Morgan fingerprint density at radius 3 is 2.50 bits per heavy atom. The van der Waals surface area contributed by atoms with Crippen LogP contribution in [0.3, 0.4) is 0 Å². The van der Waals surface area contributed by atoms with Gasteiger partial charge in [-0.25, -0.2) is 4.79 Å². The average Bonchev–Trinajstić information content (AvgIpc) is 2.21. The summed E-state index contributed by atoms with van der Waals surface area (Å²) in [5.74, 6) is 4.76. The second-order valence-electron chi connectivity index (χ2n) is 3.16. The first kappa shape index (κ1) is 13.0. The lowest BCUT2D eigenvalue weighted by molar-refractivity contribution is -0.133. The van der Waals surface area contributed by atoms with Crippen molar-refractivity contribution >= 4 is 5.97 Å². The molecule has 0 bridgehead atoms. The molecule has 0 aliphatic heterocycles. The zero-order valence-corrected chi connectivity index (χ0v) is 8.97. The molecule has 0 fully saturated rings. The maximum Gasteiger partial charge on any atom is 0.384 e. The predicted molar refractivity (Wildman–Crippen MR) is 57.5 cm³/mol. The molecule has 79 valence electrons. The molecule has 0 rings (SSSR count). The number of rotatable bonds is 6. The Kier molecular flexibility index (Phi) is 9.41. The zero-order valence-electron chi connectivity index (χ0n) is 8.97. The minimum Gasteiger partial charge on any atom is -0.459 e. The Morgan fingerprint density at radius 2 is 1.86 bits per heavy atom.